The number of carboxylic acid groups (broad SMARTS) is 1. The molecule has 38 heavy (non-hydrogen) atoms. The summed E-state index contributed by atoms with van der Waals surface area (Å²) in [6.07, 6.45) is 3.08. The van der Waals surface area contributed by atoms with Gasteiger partial charge in [0.15, 0.2) is 6.29 Å². The monoisotopic (exact) mass is 534 g/mol. The second kappa shape index (κ2) is 12.6. The van der Waals surface area contributed by atoms with Crippen LogP contribution in [0.1, 0.15) is 81.8 Å². The summed E-state index contributed by atoms with van der Waals surface area (Å²) in [5, 5.41) is 50.6. The molecule has 1 saturated heterocycles. The summed E-state index contributed by atoms with van der Waals surface area (Å²) in [5.41, 5.74) is 1.45. The smallest absolute Gasteiger partial charge is 0.339 e. The number of fused-ring (bicyclic) bond motifs is 1. The largest absolute Gasteiger partial charge is 0.483 e. The molecule has 0 radical (unpaired) electrons. The summed E-state index contributed by atoms with van der Waals surface area (Å²) >= 11 is 0. The molecule has 0 spiro atoms. The van der Waals surface area contributed by atoms with Crippen molar-refractivity contribution in [2.24, 2.45) is 11.8 Å². The summed E-state index contributed by atoms with van der Waals surface area (Å²) in [5.74, 6) is -1.53. The van der Waals surface area contributed by atoms with Crippen molar-refractivity contribution in [2.45, 2.75) is 97.1 Å². The zero-order valence-electron chi connectivity index (χ0n) is 22.9. The van der Waals surface area contributed by atoms with Gasteiger partial charge in [-0.15, -0.1) is 0 Å². The third kappa shape index (κ3) is 6.76. The molecule has 3 unspecified atom stereocenters. The molecule has 2 aliphatic rings. The van der Waals surface area contributed by atoms with Crippen LogP contribution in [0.4, 0.5) is 0 Å². The van der Waals surface area contributed by atoms with E-state index >= 15 is 0 Å². The van der Waals surface area contributed by atoms with E-state index in [0.717, 1.165) is 19.3 Å². The molecule has 0 saturated carbocycles. The fourth-order valence-electron chi connectivity index (χ4n) is 4.76. The number of ether oxygens (including phenoxy) is 3. The predicted molar refractivity (Wildman–Crippen MR) is 142 cm³/mol. The number of rotatable bonds is 11. The van der Waals surface area contributed by atoms with Crippen LogP contribution in [0.5, 0.6) is 11.5 Å². The fraction of sp³-hybridized carbons (Fsp3) is 0.621. The lowest BCUT2D eigenvalue weighted by Crippen LogP contribution is -2.57. The highest BCUT2D eigenvalue weighted by atomic mass is 16.7. The third-order valence-corrected chi connectivity index (χ3v) is 7.47. The highest BCUT2D eigenvalue weighted by Crippen LogP contribution is 2.44. The average molecular weight is 535 g/mol. The number of carboxylic acids is 1. The van der Waals surface area contributed by atoms with E-state index in [9.17, 15) is 30.3 Å². The highest BCUT2D eigenvalue weighted by Gasteiger charge is 2.46. The van der Waals surface area contributed by atoms with Gasteiger partial charge in [-0.3, -0.25) is 0 Å². The second-order valence-corrected chi connectivity index (χ2v) is 10.9. The number of aryl methyl sites for hydroxylation is 1. The quantitative estimate of drug-likeness (QED) is 0.268. The molecule has 7 atom stereocenters. The maximum Gasteiger partial charge on any atom is 0.339 e. The molecule has 2 aliphatic heterocycles. The molecule has 9 nitrogen and oxygen atoms in total. The lowest BCUT2D eigenvalue weighted by molar-refractivity contribution is -0.312. The van der Waals surface area contributed by atoms with Crippen molar-refractivity contribution in [2.75, 3.05) is 6.61 Å². The van der Waals surface area contributed by atoms with E-state index in [4.69, 9.17) is 14.2 Å². The van der Waals surface area contributed by atoms with Gasteiger partial charge in [-0.2, -0.15) is 0 Å². The predicted octanol–water partition coefficient (Wildman–Crippen LogP) is 3.66. The van der Waals surface area contributed by atoms with Gasteiger partial charge in [0.25, 0.3) is 0 Å². The van der Waals surface area contributed by atoms with Crippen molar-refractivity contribution in [3.05, 3.63) is 40.5 Å². The minimum absolute atomic E-state index is 0.0315. The summed E-state index contributed by atoms with van der Waals surface area (Å²) in [6, 6.07) is 1.76. The normalized spacial score (nSPS) is 29.2. The van der Waals surface area contributed by atoms with Gasteiger partial charge >= 0.3 is 5.97 Å². The van der Waals surface area contributed by atoms with Crippen molar-refractivity contribution >= 4 is 12.0 Å². The minimum Gasteiger partial charge on any atom is -0.483 e. The van der Waals surface area contributed by atoms with Gasteiger partial charge in [-0.1, -0.05) is 31.9 Å². The van der Waals surface area contributed by atoms with Crippen LogP contribution in [-0.2, 0) is 11.2 Å². The Labute approximate surface area is 224 Å². The SMILES string of the molecule is CCC(C)CCc1cc2c(c(OC3O[C@H](O)[C@@H](O)[C@H](O)[C@H]3CO)c1C(=O)O)C=CC(C)(CCC=C(C)C)O2. The standard InChI is InChI=1S/C29H42O9/c1-6-17(4)9-10-18-14-21-19(11-13-29(5,38-21)12-7-8-16(2)3)25(22(18)26(33)34)36-28-20(15-30)23(31)24(32)27(35)37-28/h8,11,13-14,17,20,23-24,27-28,30-32,35H,6-7,9-10,12,15H2,1-5H3,(H,33,34)/t17?,20-,23-,24+,27+,28?,29?/m1/s1. The number of aliphatic hydroxyl groups is 4. The topological polar surface area (TPSA) is 146 Å². The van der Waals surface area contributed by atoms with Crippen LogP contribution in [0.3, 0.4) is 0 Å². The van der Waals surface area contributed by atoms with Crippen LogP contribution in [0.2, 0.25) is 0 Å². The number of hydrogen-bond donors (Lipinski definition) is 5. The molecule has 1 fully saturated rings. The van der Waals surface area contributed by atoms with Crippen molar-refractivity contribution in [3.63, 3.8) is 0 Å². The summed E-state index contributed by atoms with van der Waals surface area (Å²) in [7, 11) is 0. The Kier molecular flexibility index (Phi) is 10.00. The van der Waals surface area contributed by atoms with E-state index in [1.54, 1.807) is 12.1 Å². The summed E-state index contributed by atoms with van der Waals surface area (Å²) in [4.78, 5) is 12.6. The molecule has 0 amide bonds. The molecule has 0 aliphatic carbocycles. The first kappa shape index (κ1) is 30.1. The number of allylic oxidation sites excluding steroid dienone is 2. The van der Waals surface area contributed by atoms with E-state index in [0.29, 0.717) is 35.6 Å². The highest BCUT2D eigenvalue weighted by molar-refractivity contribution is 5.95. The molecular weight excluding hydrogens is 492 g/mol. The van der Waals surface area contributed by atoms with Gasteiger partial charge in [0.1, 0.15) is 28.8 Å². The zero-order chi connectivity index (χ0) is 28.2. The minimum atomic E-state index is -1.78. The van der Waals surface area contributed by atoms with Crippen LogP contribution in [0.25, 0.3) is 6.08 Å². The average Bonchev–Trinajstić information content (AvgIpc) is 2.85. The Balaban J connectivity index is 2.09. The van der Waals surface area contributed by atoms with E-state index < -0.39 is 48.9 Å². The van der Waals surface area contributed by atoms with Crippen molar-refractivity contribution < 1.29 is 44.5 Å². The van der Waals surface area contributed by atoms with Gasteiger partial charge in [0.2, 0.25) is 6.29 Å². The van der Waals surface area contributed by atoms with Crippen LogP contribution >= 0.6 is 0 Å². The van der Waals surface area contributed by atoms with Gasteiger partial charge in [0, 0.05) is 0 Å². The zero-order valence-corrected chi connectivity index (χ0v) is 22.9. The first-order chi connectivity index (χ1) is 17.9. The molecule has 0 bridgehead atoms. The first-order valence-electron chi connectivity index (χ1n) is 13.3. The van der Waals surface area contributed by atoms with Crippen LogP contribution in [-0.4, -0.2) is 68.5 Å². The van der Waals surface area contributed by atoms with Crippen LogP contribution in [0, 0.1) is 11.8 Å². The summed E-state index contributed by atoms with van der Waals surface area (Å²) < 4.78 is 17.9. The van der Waals surface area contributed by atoms with Gasteiger partial charge in [-0.05, 0) is 76.2 Å². The van der Waals surface area contributed by atoms with E-state index in [1.807, 2.05) is 26.8 Å². The molecule has 5 N–H and O–H groups in total. The third-order valence-electron chi connectivity index (χ3n) is 7.47. The molecule has 212 valence electrons. The molecule has 0 aromatic heterocycles. The van der Waals surface area contributed by atoms with E-state index in [1.165, 1.54) is 5.57 Å². The Morgan fingerprint density at radius 1 is 1.24 bits per heavy atom. The lowest BCUT2D eigenvalue weighted by Gasteiger charge is -2.40. The molecule has 1 aromatic rings. The van der Waals surface area contributed by atoms with Gasteiger partial charge in [-0.25, -0.2) is 4.79 Å². The molecule has 2 heterocycles. The number of carbonyl (C=O) groups is 1. The van der Waals surface area contributed by atoms with Crippen molar-refractivity contribution in [1.29, 1.82) is 0 Å². The first-order valence-corrected chi connectivity index (χ1v) is 13.3. The van der Waals surface area contributed by atoms with Crippen LogP contribution < -0.4 is 9.47 Å². The number of hydrogen-bond acceptors (Lipinski definition) is 8. The second-order valence-electron chi connectivity index (χ2n) is 10.9. The number of benzene rings is 1. The molecular formula is C29H42O9. The number of aromatic carboxylic acids is 1. The Morgan fingerprint density at radius 2 is 1.95 bits per heavy atom. The fourth-order valence-corrected chi connectivity index (χ4v) is 4.76. The van der Waals surface area contributed by atoms with Gasteiger partial charge in [0.05, 0.1) is 24.2 Å². The van der Waals surface area contributed by atoms with Crippen LogP contribution in [0.15, 0.2) is 23.8 Å². The van der Waals surface area contributed by atoms with E-state index in [2.05, 4.69) is 19.9 Å². The van der Waals surface area contributed by atoms with Crippen molar-refractivity contribution in [1.82, 2.24) is 0 Å². The molecule has 1 aromatic carbocycles. The van der Waals surface area contributed by atoms with Crippen molar-refractivity contribution in [3.8, 4) is 11.5 Å². The Bertz CT molecular complexity index is 1040. The number of aliphatic hydroxyl groups excluding tert-OH is 4. The van der Waals surface area contributed by atoms with Gasteiger partial charge < -0.3 is 39.7 Å². The lowest BCUT2D eigenvalue weighted by atomic mass is 9.89. The molecule has 3 rings (SSSR count). The van der Waals surface area contributed by atoms with E-state index in [-0.39, 0.29) is 11.3 Å². The molecule has 9 heteroatoms. The summed E-state index contributed by atoms with van der Waals surface area (Å²) in [6.45, 7) is 9.60. The maximum atomic E-state index is 12.6. The Morgan fingerprint density at radius 3 is 2.55 bits per heavy atom. The maximum absolute atomic E-state index is 12.6. The Hall–Kier alpha value is -2.43.